The Morgan fingerprint density at radius 2 is 1.91 bits per heavy atom. The van der Waals surface area contributed by atoms with Crippen LogP contribution in [0.15, 0.2) is 59.1 Å². The van der Waals surface area contributed by atoms with E-state index < -0.39 is 10.0 Å². The van der Waals surface area contributed by atoms with Crippen molar-refractivity contribution >= 4 is 21.8 Å². The van der Waals surface area contributed by atoms with Crippen LogP contribution in [0, 0.1) is 11.2 Å². The van der Waals surface area contributed by atoms with Gasteiger partial charge in [-0.15, -0.1) is 0 Å². The molecule has 1 fully saturated rings. The third-order valence-corrected chi connectivity index (χ3v) is 9.29. The van der Waals surface area contributed by atoms with E-state index in [0.29, 0.717) is 38.3 Å². The van der Waals surface area contributed by atoms with Crippen molar-refractivity contribution in [3.63, 3.8) is 0 Å². The third kappa shape index (κ3) is 3.65. The predicted molar refractivity (Wildman–Crippen MR) is 132 cm³/mol. The lowest BCUT2D eigenvalue weighted by Crippen LogP contribution is -2.47. The summed E-state index contributed by atoms with van der Waals surface area (Å²) in [5, 5.41) is 4.55. The Bertz CT molecular complexity index is 1450. The molecule has 3 aliphatic rings. The highest BCUT2D eigenvalue weighted by molar-refractivity contribution is 7.89. The van der Waals surface area contributed by atoms with Gasteiger partial charge in [0.15, 0.2) is 0 Å². The summed E-state index contributed by atoms with van der Waals surface area (Å²) in [4.78, 5) is 2.34. The van der Waals surface area contributed by atoms with Gasteiger partial charge in [-0.05, 0) is 60.9 Å². The van der Waals surface area contributed by atoms with Crippen molar-refractivity contribution in [3.05, 3.63) is 71.3 Å². The minimum absolute atomic E-state index is 0.267. The summed E-state index contributed by atoms with van der Waals surface area (Å²) < 4.78 is 49.8. The molecule has 1 aromatic heterocycles. The standard InChI is InChI=1S/C26H27FN4O3S/c1-26-15-18-16-28-31(21-5-3-20(27)4-6-21)24(18)13-19(26)9-10-30(17-26)35(32,33)22-7-8-23-25(14-22)34-12-11-29(23)2/h3-8,13-14,16H,9-12,15,17H2,1-2H3/t26-/m1/s1. The maximum absolute atomic E-state index is 13.6. The normalized spacial score (nSPS) is 22.0. The zero-order valence-corrected chi connectivity index (χ0v) is 20.6. The van der Waals surface area contributed by atoms with E-state index in [1.807, 2.05) is 24.0 Å². The van der Waals surface area contributed by atoms with Crippen LogP contribution in [0.25, 0.3) is 11.8 Å². The average molecular weight is 495 g/mol. The van der Waals surface area contributed by atoms with Gasteiger partial charge in [0.2, 0.25) is 10.0 Å². The highest BCUT2D eigenvalue weighted by Crippen LogP contribution is 2.45. The van der Waals surface area contributed by atoms with Gasteiger partial charge >= 0.3 is 0 Å². The molecule has 35 heavy (non-hydrogen) atoms. The molecule has 0 saturated carbocycles. The molecule has 1 aliphatic carbocycles. The van der Waals surface area contributed by atoms with Crippen LogP contribution in [0.2, 0.25) is 0 Å². The Morgan fingerprint density at radius 1 is 1.11 bits per heavy atom. The SMILES string of the molecule is CN1CCOc2cc(S(=O)(=O)N3CCC4=Cc5c(cnn5-c5ccc(F)cc5)C[C@]4(C)C3)ccc21. The summed E-state index contributed by atoms with van der Waals surface area (Å²) in [6.07, 6.45) is 5.32. The van der Waals surface area contributed by atoms with Crippen LogP contribution >= 0.6 is 0 Å². The molecule has 7 nitrogen and oxygen atoms in total. The summed E-state index contributed by atoms with van der Waals surface area (Å²) in [6.45, 7) is 4.26. The number of benzene rings is 2. The minimum atomic E-state index is -3.67. The van der Waals surface area contributed by atoms with E-state index >= 15 is 0 Å². The highest BCUT2D eigenvalue weighted by atomic mass is 32.2. The first-order valence-corrected chi connectivity index (χ1v) is 13.2. The molecule has 1 atom stereocenters. The summed E-state index contributed by atoms with van der Waals surface area (Å²) >= 11 is 0. The van der Waals surface area contributed by atoms with E-state index in [9.17, 15) is 12.8 Å². The highest BCUT2D eigenvalue weighted by Gasteiger charge is 2.43. The minimum Gasteiger partial charge on any atom is -0.490 e. The lowest BCUT2D eigenvalue weighted by molar-refractivity contribution is 0.231. The van der Waals surface area contributed by atoms with Gasteiger partial charge in [0.1, 0.15) is 18.2 Å². The fourth-order valence-corrected chi connectivity index (χ4v) is 7.02. The molecule has 0 spiro atoms. The predicted octanol–water partition coefficient (Wildman–Crippen LogP) is 3.88. The molecule has 0 radical (unpaired) electrons. The van der Waals surface area contributed by atoms with E-state index in [2.05, 4.69) is 23.0 Å². The van der Waals surface area contributed by atoms with Crippen molar-refractivity contribution in [1.29, 1.82) is 0 Å². The smallest absolute Gasteiger partial charge is 0.243 e. The van der Waals surface area contributed by atoms with Crippen molar-refractivity contribution in [2.45, 2.75) is 24.7 Å². The number of hydrogen-bond donors (Lipinski definition) is 0. The number of rotatable bonds is 3. The van der Waals surface area contributed by atoms with Gasteiger partial charge in [-0.3, -0.25) is 0 Å². The molecule has 3 heterocycles. The fraction of sp³-hybridized carbons (Fsp3) is 0.346. The lowest BCUT2D eigenvalue weighted by atomic mass is 9.70. The monoisotopic (exact) mass is 494 g/mol. The van der Waals surface area contributed by atoms with E-state index in [1.165, 1.54) is 17.7 Å². The first kappa shape index (κ1) is 22.3. The summed E-state index contributed by atoms with van der Waals surface area (Å²) in [5.74, 6) is 0.325. The molecule has 182 valence electrons. The van der Waals surface area contributed by atoms with E-state index in [-0.39, 0.29) is 16.1 Å². The van der Waals surface area contributed by atoms with Crippen molar-refractivity contribution in [3.8, 4) is 11.4 Å². The third-order valence-electron chi connectivity index (χ3n) is 7.44. The molecule has 0 bridgehead atoms. The molecule has 0 N–H and O–H groups in total. The van der Waals surface area contributed by atoms with Crippen molar-refractivity contribution < 1.29 is 17.5 Å². The zero-order chi connectivity index (χ0) is 24.4. The number of piperidine rings is 1. The van der Waals surface area contributed by atoms with Crippen molar-refractivity contribution in [2.24, 2.45) is 5.41 Å². The largest absolute Gasteiger partial charge is 0.490 e. The second kappa shape index (κ2) is 7.93. The van der Waals surface area contributed by atoms with Crippen LogP contribution in [0.1, 0.15) is 24.6 Å². The topological polar surface area (TPSA) is 67.7 Å². The number of ether oxygens (including phenoxy) is 1. The second-order valence-electron chi connectivity index (χ2n) is 9.84. The molecule has 9 heteroatoms. The van der Waals surface area contributed by atoms with Gasteiger partial charge in [0.05, 0.1) is 34.7 Å². The quantitative estimate of drug-likeness (QED) is 0.553. The van der Waals surface area contributed by atoms with Gasteiger partial charge in [-0.2, -0.15) is 9.40 Å². The molecular weight excluding hydrogens is 467 g/mol. The van der Waals surface area contributed by atoms with Crippen LogP contribution < -0.4 is 9.64 Å². The lowest BCUT2D eigenvalue weighted by Gasteiger charge is -2.44. The van der Waals surface area contributed by atoms with Gasteiger partial charge in [-0.1, -0.05) is 12.5 Å². The van der Waals surface area contributed by atoms with Crippen LogP contribution in [0.4, 0.5) is 10.1 Å². The van der Waals surface area contributed by atoms with Gasteiger partial charge in [0, 0.05) is 31.6 Å². The van der Waals surface area contributed by atoms with Gasteiger partial charge in [-0.25, -0.2) is 17.5 Å². The Hall–Kier alpha value is -3.17. The second-order valence-corrected chi connectivity index (χ2v) is 11.8. The first-order valence-electron chi connectivity index (χ1n) is 11.8. The number of nitrogens with zero attached hydrogens (tertiary/aromatic N) is 4. The number of halogens is 1. The van der Waals surface area contributed by atoms with E-state index in [1.54, 1.807) is 28.6 Å². The average Bonchev–Trinajstić information content (AvgIpc) is 3.24. The molecule has 0 amide bonds. The molecule has 2 aromatic carbocycles. The molecule has 0 unspecified atom stereocenters. The van der Waals surface area contributed by atoms with Crippen LogP contribution in [0.3, 0.4) is 0 Å². The Kier molecular flexibility index (Phi) is 5.05. The van der Waals surface area contributed by atoms with Crippen LogP contribution in [0.5, 0.6) is 5.75 Å². The molecular formula is C26H27FN4O3S. The number of hydrogen-bond acceptors (Lipinski definition) is 5. The zero-order valence-electron chi connectivity index (χ0n) is 19.7. The molecule has 1 saturated heterocycles. The van der Waals surface area contributed by atoms with Gasteiger partial charge in [0.25, 0.3) is 0 Å². The van der Waals surface area contributed by atoms with E-state index in [0.717, 1.165) is 29.2 Å². The fourth-order valence-electron chi connectivity index (χ4n) is 5.44. The van der Waals surface area contributed by atoms with E-state index in [4.69, 9.17) is 4.74 Å². The summed E-state index contributed by atoms with van der Waals surface area (Å²) in [7, 11) is -1.69. The Labute approximate surface area is 204 Å². The summed E-state index contributed by atoms with van der Waals surface area (Å²) in [5.41, 5.74) is 4.65. The number of likely N-dealkylation sites (N-methyl/N-ethyl adjacent to an activating group) is 1. The molecule has 2 aliphatic heterocycles. The van der Waals surface area contributed by atoms with Crippen molar-refractivity contribution in [2.75, 3.05) is 38.2 Å². The number of anilines is 1. The molecule has 6 rings (SSSR count). The number of fused-ring (bicyclic) bond motifs is 3. The maximum atomic E-state index is 13.6. The molecule has 3 aromatic rings. The van der Waals surface area contributed by atoms with Crippen LogP contribution in [-0.4, -0.2) is 55.8 Å². The Morgan fingerprint density at radius 3 is 2.71 bits per heavy atom. The Balaban J connectivity index is 1.29. The van der Waals surface area contributed by atoms with Crippen molar-refractivity contribution in [1.82, 2.24) is 14.1 Å². The maximum Gasteiger partial charge on any atom is 0.243 e. The summed E-state index contributed by atoms with van der Waals surface area (Å²) in [6, 6.07) is 11.4. The number of aromatic nitrogens is 2. The van der Waals surface area contributed by atoms with Gasteiger partial charge < -0.3 is 9.64 Å². The first-order chi connectivity index (χ1) is 16.7. The number of sulfonamides is 1. The van der Waals surface area contributed by atoms with Crippen LogP contribution in [-0.2, 0) is 16.4 Å².